The minimum absolute atomic E-state index is 0.671. The maximum atomic E-state index is 5.15. The molecule has 0 aliphatic carbocycles. The number of nitrogens with zero attached hydrogens (tertiary/aromatic N) is 1. The van der Waals surface area contributed by atoms with Crippen LogP contribution in [-0.2, 0) is 4.74 Å². The lowest BCUT2D eigenvalue weighted by Gasteiger charge is -2.24. The van der Waals surface area contributed by atoms with E-state index < -0.39 is 0 Å². The first-order valence-electron chi connectivity index (χ1n) is 7.07. The molecule has 3 heteroatoms. The Balaban J connectivity index is 2.13. The smallest absolute Gasteiger partial charge is 0.0477 e. The van der Waals surface area contributed by atoms with E-state index in [1.165, 1.54) is 26.1 Å². The first kappa shape index (κ1) is 14.9. The van der Waals surface area contributed by atoms with Crippen molar-refractivity contribution in [1.82, 2.24) is 10.2 Å². The van der Waals surface area contributed by atoms with E-state index >= 15 is 0 Å². The Morgan fingerprint density at radius 1 is 1.35 bits per heavy atom. The van der Waals surface area contributed by atoms with Gasteiger partial charge in [0.15, 0.2) is 0 Å². The Hall–Kier alpha value is -0.120. The van der Waals surface area contributed by atoms with Crippen molar-refractivity contribution in [3.05, 3.63) is 0 Å². The Morgan fingerprint density at radius 2 is 2.12 bits per heavy atom. The summed E-state index contributed by atoms with van der Waals surface area (Å²) in [5.74, 6) is 1.60. The molecule has 0 radical (unpaired) electrons. The van der Waals surface area contributed by atoms with Crippen molar-refractivity contribution in [2.45, 2.75) is 39.7 Å². The van der Waals surface area contributed by atoms with Crippen LogP contribution >= 0.6 is 0 Å². The van der Waals surface area contributed by atoms with E-state index in [9.17, 15) is 0 Å². The molecule has 17 heavy (non-hydrogen) atoms. The molecule has 1 aliphatic heterocycles. The van der Waals surface area contributed by atoms with Gasteiger partial charge in [-0.15, -0.1) is 0 Å². The predicted molar refractivity (Wildman–Crippen MR) is 73.3 cm³/mol. The average Bonchev–Trinajstić information content (AvgIpc) is 2.74. The van der Waals surface area contributed by atoms with Gasteiger partial charge in [-0.2, -0.15) is 0 Å². The molecule has 1 fully saturated rings. The molecule has 2 unspecified atom stereocenters. The zero-order chi connectivity index (χ0) is 12.7. The van der Waals surface area contributed by atoms with Crippen LogP contribution < -0.4 is 5.32 Å². The zero-order valence-electron chi connectivity index (χ0n) is 12.0. The van der Waals surface area contributed by atoms with Crippen molar-refractivity contribution >= 4 is 0 Å². The summed E-state index contributed by atoms with van der Waals surface area (Å²) in [6.45, 7) is 12.6. The van der Waals surface area contributed by atoms with Crippen LogP contribution in [0.25, 0.3) is 0 Å². The molecule has 0 spiro atoms. The molecular formula is C14H30N2O. The van der Waals surface area contributed by atoms with Crippen molar-refractivity contribution in [1.29, 1.82) is 0 Å². The third kappa shape index (κ3) is 5.84. The number of likely N-dealkylation sites (tertiary alicyclic amines) is 1. The molecule has 0 aromatic heterocycles. The fourth-order valence-electron chi connectivity index (χ4n) is 2.48. The quantitative estimate of drug-likeness (QED) is 0.704. The maximum Gasteiger partial charge on any atom is 0.0477 e. The van der Waals surface area contributed by atoms with E-state index in [0.29, 0.717) is 6.04 Å². The van der Waals surface area contributed by atoms with Crippen LogP contribution in [0.1, 0.15) is 33.6 Å². The minimum atomic E-state index is 0.671. The Bertz CT molecular complexity index is 197. The van der Waals surface area contributed by atoms with Crippen LogP contribution in [0.5, 0.6) is 0 Å². The summed E-state index contributed by atoms with van der Waals surface area (Å²) in [5, 5.41) is 3.58. The molecule has 0 saturated carbocycles. The highest BCUT2D eigenvalue weighted by molar-refractivity contribution is 4.80. The van der Waals surface area contributed by atoms with Crippen LogP contribution in [-0.4, -0.2) is 50.8 Å². The van der Waals surface area contributed by atoms with Gasteiger partial charge < -0.3 is 15.0 Å². The number of hydrogen-bond acceptors (Lipinski definition) is 3. The summed E-state index contributed by atoms with van der Waals surface area (Å²) in [4.78, 5) is 2.61. The molecule has 2 atom stereocenters. The Kier molecular flexibility index (Phi) is 7.09. The van der Waals surface area contributed by atoms with E-state index in [-0.39, 0.29) is 0 Å². The van der Waals surface area contributed by atoms with Gasteiger partial charge in [0.1, 0.15) is 0 Å². The highest BCUT2D eigenvalue weighted by Crippen LogP contribution is 2.19. The summed E-state index contributed by atoms with van der Waals surface area (Å²) in [7, 11) is 1.79. The summed E-state index contributed by atoms with van der Waals surface area (Å²) in [5.41, 5.74) is 0. The van der Waals surface area contributed by atoms with Crippen LogP contribution in [0.15, 0.2) is 0 Å². The maximum absolute atomic E-state index is 5.15. The molecule has 0 aromatic carbocycles. The topological polar surface area (TPSA) is 24.5 Å². The molecule has 1 rings (SSSR count). The number of hydrogen-bond donors (Lipinski definition) is 1. The SMILES string of the molecule is COCCC(C)N1CCC(CNCC(C)C)C1. The van der Waals surface area contributed by atoms with Crippen molar-refractivity contribution in [2.75, 3.05) is 39.9 Å². The van der Waals surface area contributed by atoms with E-state index in [4.69, 9.17) is 4.74 Å². The molecule has 0 aromatic rings. The lowest BCUT2D eigenvalue weighted by molar-refractivity contribution is 0.150. The lowest BCUT2D eigenvalue weighted by atomic mass is 10.1. The van der Waals surface area contributed by atoms with E-state index in [1.54, 1.807) is 7.11 Å². The lowest BCUT2D eigenvalue weighted by Crippen LogP contribution is -2.33. The minimum Gasteiger partial charge on any atom is -0.385 e. The van der Waals surface area contributed by atoms with Gasteiger partial charge in [-0.1, -0.05) is 13.8 Å². The zero-order valence-corrected chi connectivity index (χ0v) is 12.0. The van der Waals surface area contributed by atoms with Gasteiger partial charge in [0.2, 0.25) is 0 Å². The molecular weight excluding hydrogens is 212 g/mol. The normalized spacial score (nSPS) is 23.5. The van der Waals surface area contributed by atoms with Crippen LogP contribution in [0, 0.1) is 11.8 Å². The highest BCUT2D eigenvalue weighted by atomic mass is 16.5. The van der Waals surface area contributed by atoms with E-state index in [1.807, 2.05) is 0 Å². The van der Waals surface area contributed by atoms with Crippen molar-refractivity contribution in [3.63, 3.8) is 0 Å². The summed E-state index contributed by atoms with van der Waals surface area (Å²) in [6, 6.07) is 0.671. The second-order valence-corrected chi connectivity index (χ2v) is 5.83. The second kappa shape index (κ2) is 8.06. The molecule has 1 N–H and O–H groups in total. The van der Waals surface area contributed by atoms with Crippen molar-refractivity contribution in [2.24, 2.45) is 11.8 Å². The van der Waals surface area contributed by atoms with Gasteiger partial charge in [0.05, 0.1) is 0 Å². The highest BCUT2D eigenvalue weighted by Gasteiger charge is 2.25. The first-order valence-corrected chi connectivity index (χ1v) is 7.07. The van der Waals surface area contributed by atoms with Gasteiger partial charge in [-0.3, -0.25) is 0 Å². The summed E-state index contributed by atoms with van der Waals surface area (Å²) >= 11 is 0. The van der Waals surface area contributed by atoms with Gasteiger partial charge in [-0.05, 0) is 51.2 Å². The summed E-state index contributed by atoms with van der Waals surface area (Å²) in [6.07, 6.45) is 2.51. The van der Waals surface area contributed by atoms with Crippen LogP contribution in [0.2, 0.25) is 0 Å². The van der Waals surface area contributed by atoms with E-state index in [0.717, 1.165) is 31.4 Å². The molecule has 3 nitrogen and oxygen atoms in total. The number of methoxy groups -OCH3 is 1. The van der Waals surface area contributed by atoms with Gasteiger partial charge >= 0.3 is 0 Å². The Labute approximate surface area is 107 Å². The molecule has 1 aliphatic rings. The van der Waals surface area contributed by atoms with Crippen LogP contribution in [0.3, 0.4) is 0 Å². The van der Waals surface area contributed by atoms with Crippen molar-refractivity contribution < 1.29 is 4.74 Å². The fourth-order valence-corrected chi connectivity index (χ4v) is 2.48. The third-order valence-electron chi connectivity index (χ3n) is 3.67. The molecule has 0 amide bonds. The molecule has 0 bridgehead atoms. The fraction of sp³-hybridized carbons (Fsp3) is 1.00. The number of rotatable bonds is 8. The molecule has 1 heterocycles. The van der Waals surface area contributed by atoms with Crippen molar-refractivity contribution in [3.8, 4) is 0 Å². The first-order chi connectivity index (χ1) is 8.13. The van der Waals surface area contributed by atoms with Gasteiger partial charge in [0.25, 0.3) is 0 Å². The monoisotopic (exact) mass is 242 g/mol. The number of ether oxygens (including phenoxy) is 1. The average molecular weight is 242 g/mol. The third-order valence-corrected chi connectivity index (χ3v) is 3.67. The van der Waals surface area contributed by atoms with Gasteiger partial charge in [0, 0.05) is 26.3 Å². The summed E-state index contributed by atoms with van der Waals surface area (Å²) < 4.78 is 5.15. The Morgan fingerprint density at radius 3 is 2.76 bits per heavy atom. The number of nitrogens with one attached hydrogen (secondary N) is 1. The predicted octanol–water partition coefficient (Wildman–Crippen LogP) is 1.98. The second-order valence-electron chi connectivity index (χ2n) is 5.83. The molecule has 102 valence electrons. The van der Waals surface area contributed by atoms with Crippen LogP contribution in [0.4, 0.5) is 0 Å². The largest absolute Gasteiger partial charge is 0.385 e. The van der Waals surface area contributed by atoms with E-state index in [2.05, 4.69) is 31.0 Å². The standard InChI is InChI=1S/C14H30N2O/c1-12(2)9-15-10-14-5-7-16(11-14)13(3)6-8-17-4/h12-15H,5-11H2,1-4H3. The van der Waals surface area contributed by atoms with Gasteiger partial charge in [-0.25, -0.2) is 0 Å². The molecule has 1 saturated heterocycles.